The van der Waals surface area contributed by atoms with Crippen LogP contribution in [0, 0.1) is 12.7 Å². The largest absolute Gasteiger partial charge is 0.478 e. The number of hydrogen-bond acceptors (Lipinski definition) is 5. The van der Waals surface area contributed by atoms with Crippen LogP contribution in [-0.2, 0) is 4.79 Å². The molecule has 1 fully saturated rings. The van der Waals surface area contributed by atoms with Crippen LogP contribution in [0.4, 0.5) is 10.1 Å². The van der Waals surface area contributed by atoms with Crippen LogP contribution in [0.1, 0.15) is 34.9 Å². The number of rotatable bonds is 4. The maximum atomic E-state index is 13.8. The highest BCUT2D eigenvalue weighted by molar-refractivity contribution is 6.02. The number of amides is 1. The molecular formula is C17H20FN5O3. The number of likely N-dealkylation sites (N-methyl/N-ethyl adjacent to an activating group) is 1. The lowest BCUT2D eigenvalue weighted by Gasteiger charge is -2.37. The van der Waals surface area contributed by atoms with E-state index >= 15 is 0 Å². The fourth-order valence-corrected chi connectivity index (χ4v) is 3.05. The lowest BCUT2D eigenvalue weighted by atomic mass is 10.0. The van der Waals surface area contributed by atoms with Gasteiger partial charge in [0.15, 0.2) is 0 Å². The fourth-order valence-electron chi connectivity index (χ4n) is 3.05. The second kappa shape index (κ2) is 7.22. The van der Waals surface area contributed by atoms with Gasteiger partial charge in [-0.1, -0.05) is 0 Å². The summed E-state index contributed by atoms with van der Waals surface area (Å²) in [5, 5.41) is 13.5. The molecular weight excluding hydrogens is 341 g/mol. The van der Waals surface area contributed by atoms with Crippen molar-refractivity contribution in [3.8, 4) is 0 Å². The molecule has 2 heterocycles. The first-order chi connectivity index (χ1) is 12.4. The third kappa shape index (κ3) is 3.58. The van der Waals surface area contributed by atoms with Gasteiger partial charge in [-0.25, -0.2) is 24.6 Å². The number of carbonyl (C=O) groups excluding carboxylic acids is 1. The molecule has 8 nitrogen and oxygen atoms in total. The number of anilines is 1. The van der Waals surface area contributed by atoms with E-state index < -0.39 is 23.7 Å². The second-order valence-electron chi connectivity index (χ2n) is 6.30. The van der Waals surface area contributed by atoms with Gasteiger partial charge in [0.05, 0.1) is 23.7 Å². The Labute approximate surface area is 149 Å². The van der Waals surface area contributed by atoms with Crippen LogP contribution in [0.5, 0.6) is 0 Å². The molecule has 1 aromatic heterocycles. The van der Waals surface area contributed by atoms with Crippen LogP contribution >= 0.6 is 0 Å². The molecule has 1 amide bonds. The zero-order valence-electron chi connectivity index (χ0n) is 14.4. The summed E-state index contributed by atoms with van der Waals surface area (Å²) in [5.74, 6) is -2.19. The number of hydrazine groups is 1. The predicted octanol–water partition coefficient (Wildman–Crippen LogP) is 1.76. The van der Waals surface area contributed by atoms with Crippen molar-refractivity contribution in [3.63, 3.8) is 0 Å². The molecule has 1 aromatic carbocycles. The van der Waals surface area contributed by atoms with Crippen LogP contribution in [0.3, 0.4) is 0 Å². The van der Waals surface area contributed by atoms with E-state index in [4.69, 9.17) is 0 Å². The summed E-state index contributed by atoms with van der Waals surface area (Å²) in [7, 11) is 1.74. The molecule has 1 aliphatic rings. The van der Waals surface area contributed by atoms with E-state index in [0.29, 0.717) is 12.8 Å². The molecule has 2 atom stereocenters. The van der Waals surface area contributed by atoms with Crippen molar-refractivity contribution in [1.29, 1.82) is 0 Å². The van der Waals surface area contributed by atoms with E-state index in [-0.39, 0.29) is 23.0 Å². The molecule has 2 aromatic rings. The smallest absolute Gasteiger partial charge is 0.337 e. The summed E-state index contributed by atoms with van der Waals surface area (Å²) in [4.78, 5) is 28.0. The standard InChI is InChI=1S/C17H20FN5O3/c1-10-7-11(17(25)26)13(8-12(10)18)20-16(24)14-3-4-15(21-22(14)2)23-6-5-19-9-23/h5-9,14-15,21H,3-4H2,1-2H3,(H,20,24)(H,25,26). The lowest BCUT2D eigenvalue weighted by molar-refractivity contribution is -0.124. The first kappa shape index (κ1) is 18.0. The number of halogens is 1. The predicted molar refractivity (Wildman–Crippen MR) is 91.9 cm³/mol. The Kier molecular flexibility index (Phi) is 5.01. The maximum absolute atomic E-state index is 13.8. The molecule has 0 radical (unpaired) electrons. The second-order valence-corrected chi connectivity index (χ2v) is 6.30. The SMILES string of the molecule is Cc1cc(C(=O)O)c(NC(=O)C2CCC(n3ccnc3)NN2C)cc1F. The van der Waals surface area contributed by atoms with E-state index in [1.54, 1.807) is 24.6 Å². The number of carboxylic acid groups (broad SMARTS) is 1. The van der Waals surface area contributed by atoms with E-state index in [2.05, 4.69) is 15.7 Å². The lowest BCUT2D eigenvalue weighted by Crippen LogP contribution is -2.54. The minimum atomic E-state index is -1.22. The first-order valence-corrected chi connectivity index (χ1v) is 8.17. The normalized spacial score (nSPS) is 20.7. The molecule has 26 heavy (non-hydrogen) atoms. The van der Waals surface area contributed by atoms with Gasteiger partial charge < -0.3 is 15.0 Å². The Bertz CT molecular complexity index is 824. The molecule has 9 heteroatoms. The van der Waals surface area contributed by atoms with Gasteiger partial charge in [-0.05, 0) is 37.5 Å². The van der Waals surface area contributed by atoms with E-state index in [1.165, 1.54) is 13.0 Å². The van der Waals surface area contributed by atoms with Crippen LogP contribution in [0.15, 0.2) is 30.9 Å². The van der Waals surface area contributed by atoms with Crippen LogP contribution < -0.4 is 10.7 Å². The monoisotopic (exact) mass is 361 g/mol. The zero-order chi connectivity index (χ0) is 18.8. The molecule has 0 bridgehead atoms. The summed E-state index contributed by atoms with van der Waals surface area (Å²) >= 11 is 0. The number of nitrogens with one attached hydrogen (secondary N) is 2. The summed E-state index contributed by atoms with van der Waals surface area (Å²) < 4.78 is 15.7. The highest BCUT2D eigenvalue weighted by Crippen LogP contribution is 2.24. The highest BCUT2D eigenvalue weighted by Gasteiger charge is 2.31. The third-order valence-corrected chi connectivity index (χ3v) is 4.51. The van der Waals surface area contributed by atoms with Crippen LogP contribution in [0.25, 0.3) is 0 Å². The number of aryl methyl sites for hydroxylation is 1. The number of carbonyl (C=O) groups is 2. The fraction of sp³-hybridized carbons (Fsp3) is 0.353. The topological polar surface area (TPSA) is 99.5 Å². The van der Waals surface area contributed by atoms with Crippen LogP contribution in [-0.4, -0.2) is 44.6 Å². The van der Waals surface area contributed by atoms with Crippen molar-refractivity contribution >= 4 is 17.6 Å². The number of aromatic nitrogens is 2. The number of imidazole rings is 1. The third-order valence-electron chi connectivity index (χ3n) is 4.51. The van der Waals surface area contributed by atoms with Gasteiger partial charge in [-0.15, -0.1) is 0 Å². The summed E-state index contributed by atoms with van der Waals surface area (Å²) in [5.41, 5.74) is 3.22. The van der Waals surface area contributed by atoms with Crippen molar-refractivity contribution in [2.24, 2.45) is 0 Å². The highest BCUT2D eigenvalue weighted by atomic mass is 19.1. The van der Waals surface area contributed by atoms with Crippen molar-refractivity contribution in [2.45, 2.75) is 32.0 Å². The van der Waals surface area contributed by atoms with Gasteiger partial charge in [-0.2, -0.15) is 0 Å². The minimum absolute atomic E-state index is 0.0158. The number of benzene rings is 1. The van der Waals surface area contributed by atoms with E-state index in [0.717, 1.165) is 6.07 Å². The molecule has 1 saturated heterocycles. The summed E-state index contributed by atoms with van der Waals surface area (Å²) in [6, 6.07) is 1.74. The Hall–Kier alpha value is -2.78. The number of hydrogen-bond donors (Lipinski definition) is 3. The van der Waals surface area contributed by atoms with E-state index in [9.17, 15) is 19.1 Å². The Morgan fingerprint density at radius 3 is 2.77 bits per heavy atom. The summed E-state index contributed by atoms with van der Waals surface area (Å²) in [6.07, 6.45) is 6.43. The quantitative estimate of drug-likeness (QED) is 0.767. The Morgan fingerprint density at radius 1 is 1.38 bits per heavy atom. The molecule has 0 spiro atoms. The van der Waals surface area contributed by atoms with Crippen molar-refractivity contribution in [2.75, 3.05) is 12.4 Å². The maximum Gasteiger partial charge on any atom is 0.337 e. The number of nitrogens with zero attached hydrogens (tertiary/aromatic N) is 3. The van der Waals surface area contributed by atoms with E-state index in [1.807, 2.05) is 10.8 Å². The molecule has 138 valence electrons. The van der Waals surface area contributed by atoms with Gasteiger partial charge in [-0.3, -0.25) is 4.79 Å². The zero-order valence-corrected chi connectivity index (χ0v) is 14.4. The van der Waals surface area contributed by atoms with Crippen molar-refractivity contribution in [3.05, 3.63) is 47.8 Å². The molecule has 1 aliphatic heterocycles. The molecule has 0 aliphatic carbocycles. The van der Waals surface area contributed by atoms with Crippen molar-refractivity contribution in [1.82, 2.24) is 20.0 Å². The van der Waals surface area contributed by atoms with Gasteiger partial charge in [0.25, 0.3) is 0 Å². The van der Waals surface area contributed by atoms with Gasteiger partial charge in [0.2, 0.25) is 5.91 Å². The van der Waals surface area contributed by atoms with Gasteiger partial charge in [0.1, 0.15) is 11.9 Å². The summed E-state index contributed by atoms with van der Waals surface area (Å²) in [6.45, 7) is 1.47. The van der Waals surface area contributed by atoms with Crippen LogP contribution in [0.2, 0.25) is 0 Å². The molecule has 0 saturated carbocycles. The average molecular weight is 361 g/mol. The molecule has 3 N–H and O–H groups in total. The molecule has 3 rings (SSSR count). The Morgan fingerprint density at radius 2 is 2.15 bits per heavy atom. The number of carboxylic acids is 1. The average Bonchev–Trinajstić information content (AvgIpc) is 3.12. The molecule has 2 unspecified atom stereocenters. The number of aromatic carboxylic acids is 1. The van der Waals surface area contributed by atoms with Crippen molar-refractivity contribution < 1.29 is 19.1 Å². The van der Waals surface area contributed by atoms with Gasteiger partial charge >= 0.3 is 5.97 Å². The first-order valence-electron chi connectivity index (χ1n) is 8.17. The van der Waals surface area contributed by atoms with Gasteiger partial charge in [0, 0.05) is 19.4 Å². The minimum Gasteiger partial charge on any atom is -0.478 e. The Balaban J connectivity index is 1.73.